The smallest absolute Gasteiger partial charge is 0.265 e. The number of fused-ring (bicyclic) bond motifs is 1. The molecule has 1 aliphatic heterocycles. The van der Waals surface area contributed by atoms with Gasteiger partial charge in [-0.15, -0.1) is 0 Å². The second-order valence-electron chi connectivity index (χ2n) is 8.93. The van der Waals surface area contributed by atoms with E-state index in [9.17, 15) is 9.59 Å². The number of pyridine rings is 1. The van der Waals surface area contributed by atoms with Gasteiger partial charge in [-0.05, 0) is 64.9 Å². The summed E-state index contributed by atoms with van der Waals surface area (Å²) >= 11 is 0. The number of rotatable bonds is 7. The molecule has 1 aliphatic rings. The Kier molecular flexibility index (Phi) is 6.45. The van der Waals surface area contributed by atoms with Gasteiger partial charge in [0.05, 0.1) is 12.2 Å². The molecule has 0 unspecified atom stereocenters. The number of nitrogens with zero attached hydrogens (tertiary/aromatic N) is 2. The van der Waals surface area contributed by atoms with Gasteiger partial charge in [0.15, 0.2) is 6.61 Å². The van der Waals surface area contributed by atoms with Crippen LogP contribution in [0.4, 0.5) is 5.69 Å². The molecular weight excluding hydrogens is 414 g/mol. The van der Waals surface area contributed by atoms with E-state index in [1.165, 1.54) is 0 Å². The first-order valence-electron chi connectivity index (χ1n) is 11.2. The molecule has 0 radical (unpaired) electrons. The third kappa shape index (κ3) is 5.06. The number of hydrogen-bond donors (Lipinski definition) is 1. The van der Waals surface area contributed by atoms with Crippen molar-refractivity contribution in [1.82, 2.24) is 10.3 Å². The molecule has 170 valence electrons. The zero-order valence-electron chi connectivity index (χ0n) is 19.3. The van der Waals surface area contributed by atoms with Crippen LogP contribution in [0.3, 0.4) is 0 Å². The first-order chi connectivity index (χ1) is 15.9. The molecule has 0 aliphatic carbocycles. The van der Waals surface area contributed by atoms with Gasteiger partial charge in [0, 0.05) is 24.5 Å². The Bertz CT molecular complexity index is 1160. The number of aromatic nitrogens is 1. The monoisotopic (exact) mass is 443 g/mol. The molecule has 2 aromatic carbocycles. The van der Waals surface area contributed by atoms with Crippen molar-refractivity contribution in [1.29, 1.82) is 0 Å². The van der Waals surface area contributed by atoms with E-state index < -0.39 is 0 Å². The van der Waals surface area contributed by atoms with Crippen molar-refractivity contribution < 1.29 is 14.3 Å². The van der Waals surface area contributed by atoms with E-state index in [1.54, 1.807) is 23.4 Å². The number of carbonyl (C=O) groups excluding carboxylic acids is 2. The van der Waals surface area contributed by atoms with Crippen LogP contribution >= 0.6 is 0 Å². The van der Waals surface area contributed by atoms with Gasteiger partial charge in [-0.2, -0.15) is 0 Å². The van der Waals surface area contributed by atoms with E-state index >= 15 is 0 Å². The molecule has 1 N–H and O–H groups in total. The predicted molar refractivity (Wildman–Crippen MR) is 128 cm³/mol. The number of anilines is 1. The van der Waals surface area contributed by atoms with E-state index in [0.717, 1.165) is 28.8 Å². The first kappa shape index (κ1) is 22.5. The topological polar surface area (TPSA) is 71.5 Å². The number of ether oxygens (including phenoxy) is 1. The summed E-state index contributed by atoms with van der Waals surface area (Å²) in [5, 5.41) is 2.93. The largest absolute Gasteiger partial charge is 0.482 e. The normalized spacial score (nSPS) is 13.3. The molecule has 0 spiro atoms. The molecule has 1 aromatic heterocycles. The molecule has 4 rings (SSSR count). The highest BCUT2D eigenvalue weighted by Gasteiger charge is 2.28. The maximum absolute atomic E-state index is 12.8. The van der Waals surface area contributed by atoms with Crippen molar-refractivity contribution in [3.63, 3.8) is 0 Å². The van der Waals surface area contributed by atoms with Crippen LogP contribution in [0.15, 0.2) is 67.0 Å². The van der Waals surface area contributed by atoms with Gasteiger partial charge in [0.25, 0.3) is 11.8 Å². The lowest BCUT2D eigenvalue weighted by molar-refractivity contribution is -0.121. The Hall–Kier alpha value is -3.67. The molecule has 2 heterocycles. The van der Waals surface area contributed by atoms with Gasteiger partial charge in [0.1, 0.15) is 5.75 Å². The predicted octanol–water partition coefficient (Wildman–Crippen LogP) is 4.62. The van der Waals surface area contributed by atoms with Crippen LogP contribution in [0, 0.1) is 0 Å². The van der Waals surface area contributed by atoms with Gasteiger partial charge in [-0.25, -0.2) is 0 Å². The highest BCUT2D eigenvalue weighted by molar-refractivity contribution is 5.98. The Balaban J connectivity index is 1.54. The zero-order chi connectivity index (χ0) is 23.4. The number of carbonyl (C=O) groups is 2. The molecule has 3 aromatic rings. The van der Waals surface area contributed by atoms with Gasteiger partial charge in [-0.3, -0.25) is 14.6 Å². The number of amides is 2. The molecule has 0 bridgehead atoms. The average molecular weight is 444 g/mol. The number of nitrogens with one attached hydrogen (secondary N) is 1. The van der Waals surface area contributed by atoms with E-state index in [0.29, 0.717) is 24.4 Å². The lowest BCUT2D eigenvalue weighted by atomic mass is 9.82. The number of hydrogen-bond acceptors (Lipinski definition) is 4. The third-order valence-electron chi connectivity index (χ3n) is 6.30. The van der Waals surface area contributed by atoms with Crippen molar-refractivity contribution in [2.75, 3.05) is 11.5 Å². The van der Waals surface area contributed by atoms with E-state index in [4.69, 9.17) is 4.74 Å². The van der Waals surface area contributed by atoms with Gasteiger partial charge in [0.2, 0.25) is 0 Å². The lowest BCUT2D eigenvalue weighted by Crippen LogP contribution is -2.38. The second kappa shape index (κ2) is 9.45. The minimum absolute atomic E-state index is 0.00594. The second-order valence-corrected chi connectivity index (χ2v) is 8.93. The van der Waals surface area contributed by atoms with Crippen LogP contribution in [-0.2, 0) is 23.3 Å². The van der Waals surface area contributed by atoms with Crippen LogP contribution in [0.2, 0.25) is 0 Å². The molecule has 2 amide bonds. The maximum Gasteiger partial charge on any atom is 0.265 e. The summed E-state index contributed by atoms with van der Waals surface area (Å²) in [6.45, 7) is 7.35. The summed E-state index contributed by atoms with van der Waals surface area (Å²) in [5.41, 5.74) is 4.36. The van der Waals surface area contributed by atoms with Crippen LogP contribution in [0.1, 0.15) is 54.2 Å². The standard InChI is InChI=1S/C27H29N3O3/c1-4-27(2,3)22-8-9-24-23(15-22)30(25(31)18-33-24)17-20-6-5-7-21(14-20)26(32)29-16-19-10-12-28-13-11-19/h5-15H,4,16-18H2,1-3H3,(H,29,32). The highest BCUT2D eigenvalue weighted by atomic mass is 16.5. The summed E-state index contributed by atoms with van der Waals surface area (Å²) in [6.07, 6.45) is 4.38. The quantitative estimate of drug-likeness (QED) is 0.578. The molecule has 0 saturated heterocycles. The summed E-state index contributed by atoms with van der Waals surface area (Å²) in [6, 6.07) is 17.2. The molecule has 6 heteroatoms. The van der Waals surface area contributed by atoms with Gasteiger partial charge >= 0.3 is 0 Å². The fourth-order valence-electron chi connectivity index (χ4n) is 3.78. The highest BCUT2D eigenvalue weighted by Crippen LogP contribution is 2.38. The van der Waals surface area contributed by atoms with Crippen LogP contribution < -0.4 is 15.0 Å². The van der Waals surface area contributed by atoms with Gasteiger partial charge < -0.3 is 15.0 Å². The summed E-state index contributed by atoms with van der Waals surface area (Å²) in [4.78, 5) is 31.2. The molecule has 0 fully saturated rings. The molecular formula is C27H29N3O3. The third-order valence-corrected chi connectivity index (χ3v) is 6.30. The Morgan fingerprint density at radius 1 is 1.09 bits per heavy atom. The van der Waals surface area contributed by atoms with Gasteiger partial charge in [-0.1, -0.05) is 39.0 Å². The first-order valence-corrected chi connectivity index (χ1v) is 11.2. The van der Waals surface area contributed by atoms with Crippen molar-refractivity contribution in [2.24, 2.45) is 0 Å². The molecule has 33 heavy (non-hydrogen) atoms. The fraction of sp³-hybridized carbons (Fsp3) is 0.296. The summed E-state index contributed by atoms with van der Waals surface area (Å²) in [5.74, 6) is 0.451. The minimum atomic E-state index is -0.158. The van der Waals surface area contributed by atoms with E-state index in [1.807, 2.05) is 36.4 Å². The average Bonchev–Trinajstić information content (AvgIpc) is 2.84. The minimum Gasteiger partial charge on any atom is -0.482 e. The van der Waals surface area contributed by atoms with Crippen LogP contribution in [0.5, 0.6) is 5.75 Å². The van der Waals surface area contributed by atoms with E-state index in [-0.39, 0.29) is 23.8 Å². The lowest BCUT2D eigenvalue weighted by Gasteiger charge is -2.32. The summed E-state index contributed by atoms with van der Waals surface area (Å²) in [7, 11) is 0. The summed E-state index contributed by atoms with van der Waals surface area (Å²) < 4.78 is 5.68. The van der Waals surface area contributed by atoms with Crippen LogP contribution in [-0.4, -0.2) is 23.4 Å². The SMILES string of the molecule is CCC(C)(C)c1ccc2c(c1)N(Cc1cccc(C(=O)NCc3ccncc3)c1)C(=O)CO2. The van der Waals surface area contributed by atoms with Crippen LogP contribution in [0.25, 0.3) is 0 Å². The Morgan fingerprint density at radius 2 is 1.88 bits per heavy atom. The van der Waals surface area contributed by atoms with Crippen molar-refractivity contribution in [3.8, 4) is 5.75 Å². The molecule has 0 saturated carbocycles. The van der Waals surface area contributed by atoms with Crippen molar-refractivity contribution >= 4 is 17.5 Å². The van der Waals surface area contributed by atoms with Crippen molar-refractivity contribution in [3.05, 3.63) is 89.2 Å². The molecule has 6 nitrogen and oxygen atoms in total. The Labute approximate surface area is 194 Å². The fourth-order valence-corrected chi connectivity index (χ4v) is 3.78. The Morgan fingerprint density at radius 3 is 2.64 bits per heavy atom. The maximum atomic E-state index is 12.8. The van der Waals surface area contributed by atoms with Crippen molar-refractivity contribution in [2.45, 2.75) is 45.7 Å². The molecule has 0 atom stereocenters. The zero-order valence-corrected chi connectivity index (χ0v) is 19.3. The number of benzene rings is 2. The van der Waals surface area contributed by atoms with E-state index in [2.05, 4.69) is 43.2 Å².